The van der Waals surface area contributed by atoms with Crippen molar-refractivity contribution in [2.24, 2.45) is 0 Å². The van der Waals surface area contributed by atoms with Crippen molar-refractivity contribution in [2.75, 3.05) is 19.8 Å². The molecule has 5 rings (SSSR count). The van der Waals surface area contributed by atoms with Gasteiger partial charge in [-0.3, -0.25) is 0 Å². The second kappa shape index (κ2) is 16.8. The molecule has 12 nitrogen and oxygen atoms in total. The maximum Gasteiger partial charge on any atom is 0.338 e. The van der Waals surface area contributed by atoms with E-state index in [0.29, 0.717) is 0 Å². The third-order valence-electron chi connectivity index (χ3n) is 8.22. The minimum atomic E-state index is -2.28. The third kappa shape index (κ3) is 8.79. The van der Waals surface area contributed by atoms with E-state index in [-0.39, 0.29) is 22.3 Å². The Kier molecular flexibility index (Phi) is 12.1. The van der Waals surface area contributed by atoms with Crippen molar-refractivity contribution in [3.63, 3.8) is 0 Å². The fourth-order valence-electron chi connectivity index (χ4n) is 5.67. The molecule has 1 fully saturated rings. The van der Waals surface area contributed by atoms with E-state index in [1.165, 1.54) is 48.5 Å². The number of benzene rings is 4. The van der Waals surface area contributed by atoms with Crippen LogP contribution in [0.4, 0.5) is 0 Å². The zero-order chi connectivity index (χ0) is 35.5. The molecule has 5 unspecified atom stereocenters. The number of aliphatic hydroxyl groups is 3. The van der Waals surface area contributed by atoms with E-state index in [0.717, 1.165) is 0 Å². The van der Waals surface area contributed by atoms with Crippen molar-refractivity contribution >= 4 is 23.9 Å². The van der Waals surface area contributed by atoms with Gasteiger partial charge < -0.3 is 39.6 Å². The molecule has 0 saturated heterocycles. The number of carbonyl (C=O) groups excluding carboxylic acids is 4. The summed E-state index contributed by atoms with van der Waals surface area (Å²) in [5.74, 6) is -3.44. The molecule has 0 aliphatic heterocycles. The molecule has 260 valence electrons. The third-order valence-corrected chi connectivity index (χ3v) is 8.22. The van der Waals surface area contributed by atoms with E-state index in [1.807, 2.05) is 0 Å². The molecule has 12 heteroatoms. The number of aliphatic hydroxyl groups excluding tert-OH is 2. The van der Waals surface area contributed by atoms with Crippen LogP contribution in [-0.4, -0.2) is 95.0 Å². The highest BCUT2D eigenvalue weighted by Crippen LogP contribution is 2.37. The Labute approximate surface area is 288 Å². The van der Waals surface area contributed by atoms with Gasteiger partial charge in [-0.25, -0.2) is 19.2 Å². The first-order valence-electron chi connectivity index (χ1n) is 15.9. The summed E-state index contributed by atoms with van der Waals surface area (Å²) in [6.07, 6.45) is -5.40. The Hall–Kier alpha value is -5.40. The van der Waals surface area contributed by atoms with Crippen molar-refractivity contribution in [1.82, 2.24) is 5.32 Å². The van der Waals surface area contributed by atoms with Crippen LogP contribution in [0.2, 0.25) is 0 Å². The summed E-state index contributed by atoms with van der Waals surface area (Å²) in [6, 6.07) is 29.6. The number of esters is 4. The van der Waals surface area contributed by atoms with E-state index in [9.17, 15) is 34.5 Å². The van der Waals surface area contributed by atoms with Crippen LogP contribution < -0.4 is 5.32 Å². The van der Waals surface area contributed by atoms with Crippen LogP contribution in [0.5, 0.6) is 0 Å². The Morgan fingerprint density at radius 3 is 1.40 bits per heavy atom. The zero-order valence-electron chi connectivity index (χ0n) is 26.9. The molecule has 0 spiro atoms. The molecule has 4 N–H and O–H groups in total. The van der Waals surface area contributed by atoms with Crippen molar-refractivity contribution in [3.8, 4) is 0 Å². The first-order chi connectivity index (χ1) is 24.2. The highest BCUT2D eigenvalue weighted by Gasteiger charge is 2.59. The van der Waals surface area contributed by atoms with E-state index in [4.69, 9.17) is 18.9 Å². The number of ether oxygens (including phenoxy) is 4. The molecule has 1 aliphatic carbocycles. The van der Waals surface area contributed by atoms with E-state index in [1.54, 1.807) is 72.8 Å². The quantitative estimate of drug-likeness (QED) is 0.120. The molecule has 0 bridgehead atoms. The summed E-state index contributed by atoms with van der Waals surface area (Å²) in [5, 5.41) is 35.3. The normalized spacial score (nSPS) is 21.5. The van der Waals surface area contributed by atoms with Gasteiger partial charge in [0.2, 0.25) is 0 Å². The van der Waals surface area contributed by atoms with Gasteiger partial charge in [0.15, 0.2) is 18.3 Å². The van der Waals surface area contributed by atoms with Crippen LogP contribution in [0.25, 0.3) is 0 Å². The Morgan fingerprint density at radius 1 is 0.600 bits per heavy atom. The van der Waals surface area contributed by atoms with Crippen molar-refractivity contribution in [1.29, 1.82) is 0 Å². The van der Waals surface area contributed by atoms with Crippen LogP contribution in [0.3, 0.4) is 0 Å². The monoisotopic (exact) mass is 683 g/mol. The first kappa shape index (κ1) is 35.9. The fourth-order valence-corrected chi connectivity index (χ4v) is 5.67. The molecule has 0 aromatic heterocycles. The predicted octanol–water partition coefficient (Wildman–Crippen LogP) is 2.97. The number of rotatable bonds is 13. The predicted molar refractivity (Wildman–Crippen MR) is 178 cm³/mol. The van der Waals surface area contributed by atoms with E-state index < -0.39 is 86.1 Å². The number of hydrogen-bond donors (Lipinski definition) is 4. The van der Waals surface area contributed by atoms with Gasteiger partial charge in [-0.15, -0.1) is 0 Å². The van der Waals surface area contributed by atoms with Crippen LogP contribution in [0, 0.1) is 0 Å². The summed E-state index contributed by atoms with van der Waals surface area (Å²) in [7, 11) is 0. The van der Waals surface area contributed by atoms with E-state index >= 15 is 0 Å². The highest BCUT2D eigenvalue weighted by atomic mass is 16.6. The van der Waals surface area contributed by atoms with Gasteiger partial charge in [-0.05, 0) is 48.5 Å². The van der Waals surface area contributed by atoms with E-state index in [2.05, 4.69) is 5.32 Å². The molecule has 0 heterocycles. The van der Waals surface area contributed by atoms with Crippen molar-refractivity contribution < 1.29 is 53.4 Å². The summed E-state index contributed by atoms with van der Waals surface area (Å²) in [5.41, 5.74) is -1.74. The van der Waals surface area contributed by atoms with Crippen molar-refractivity contribution in [3.05, 3.63) is 144 Å². The summed E-state index contributed by atoms with van der Waals surface area (Å²) in [4.78, 5) is 53.8. The number of nitrogens with one attached hydrogen (secondary N) is 1. The molecule has 1 aliphatic rings. The summed E-state index contributed by atoms with van der Waals surface area (Å²) < 4.78 is 23.5. The lowest BCUT2D eigenvalue weighted by Crippen LogP contribution is -2.70. The maximum atomic E-state index is 13.6. The molecular formula is C38H37NO11. The lowest BCUT2D eigenvalue weighted by molar-refractivity contribution is -0.209. The maximum absolute atomic E-state index is 13.6. The van der Waals surface area contributed by atoms with Crippen LogP contribution in [0.1, 0.15) is 47.9 Å². The van der Waals surface area contributed by atoms with Gasteiger partial charge in [0, 0.05) is 6.42 Å². The SMILES string of the molecule is O=C(OCC1(O)CC(NC(CO)CO)C(OC(=O)c2ccccc2)C(OC(=O)c2ccccc2)C1OC(=O)c1ccccc1)c1ccccc1. The second-order valence-electron chi connectivity index (χ2n) is 11.7. The van der Waals surface area contributed by atoms with Crippen LogP contribution >= 0.6 is 0 Å². The minimum Gasteiger partial charge on any atom is -0.459 e. The standard InChI is InChI=1S/C38H37NO11/c40-22-29(23-41)39-30-21-38(46,24-47-34(42)25-13-5-1-6-14-25)33(50-37(45)28-19-11-4-12-20-28)32(49-36(44)27-17-9-3-10-18-27)31(30)48-35(43)26-15-7-2-8-16-26/h1-20,29-33,39-41,46H,21-24H2. The average molecular weight is 684 g/mol. The fraction of sp³-hybridized carbons (Fsp3) is 0.263. The van der Waals surface area contributed by atoms with Crippen LogP contribution in [0.15, 0.2) is 121 Å². The molecule has 4 aromatic carbocycles. The molecule has 1 saturated carbocycles. The van der Waals surface area contributed by atoms with Gasteiger partial charge in [0.05, 0.1) is 47.6 Å². The molecule has 50 heavy (non-hydrogen) atoms. The zero-order valence-corrected chi connectivity index (χ0v) is 26.9. The van der Waals surface area contributed by atoms with Gasteiger partial charge in [-0.2, -0.15) is 0 Å². The molecule has 0 amide bonds. The first-order valence-corrected chi connectivity index (χ1v) is 15.9. The smallest absolute Gasteiger partial charge is 0.338 e. The number of carbonyl (C=O) groups is 4. The Balaban J connectivity index is 1.60. The highest BCUT2D eigenvalue weighted by molar-refractivity contribution is 5.91. The topological polar surface area (TPSA) is 178 Å². The Bertz CT molecular complexity index is 1720. The summed E-state index contributed by atoms with van der Waals surface area (Å²) >= 11 is 0. The second-order valence-corrected chi connectivity index (χ2v) is 11.7. The molecular weight excluding hydrogens is 646 g/mol. The van der Waals surface area contributed by atoms with Gasteiger partial charge in [-0.1, -0.05) is 72.8 Å². The number of hydrogen-bond acceptors (Lipinski definition) is 12. The molecule has 4 aromatic rings. The van der Waals surface area contributed by atoms with Crippen molar-refractivity contribution in [2.45, 2.75) is 42.4 Å². The van der Waals surface area contributed by atoms with Gasteiger partial charge in [0.1, 0.15) is 12.2 Å². The minimum absolute atomic E-state index is 0.1000. The Morgan fingerprint density at radius 2 is 0.980 bits per heavy atom. The van der Waals surface area contributed by atoms with Gasteiger partial charge in [0.25, 0.3) is 0 Å². The summed E-state index contributed by atoms with van der Waals surface area (Å²) in [6.45, 7) is -1.88. The molecule has 0 radical (unpaired) electrons. The average Bonchev–Trinajstić information content (AvgIpc) is 3.16. The molecule has 5 atom stereocenters. The van der Waals surface area contributed by atoms with Gasteiger partial charge >= 0.3 is 23.9 Å². The lowest BCUT2D eigenvalue weighted by atomic mass is 9.75. The van der Waals surface area contributed by atoms with Crippen LogP contribution in [-0.2, 0) is 18.9 Å². The lowest BCUT2D eigenvalue weighted by Gasteiger charge is -2.49. The largest absolute Gasteiger partial charge is 0.459 e.